The van der Waals surface area contributed by atoms with Crippen LogP contribution in [-0.2, 0) is 28.6 Å². The first kappa shape index (κ1) is 59.1. The standard InChI is InChI=1S/C56H98O6/c1-4-7-10-13-15-17-19-21-23-24-25-26-27-28-29-30-31-32-33-35-36-38-40-43-46-49-55(58)61-52-53(51-60-54(57)48-45-42-12-9-6-3)62-56(59)50-47-44-41-39-37-34-22-20-18-16-14-11-8-5-2/h14,16,19-22,24-25,27-28,53H,4-13,15,17-18,23,26,29-52H2,1-3H3/b16-14-,21-19-,22-20-,25-24-,28-27-. The van der Waals surface area contributed by atoms with E-state index in [1.165, 1.54) is 116 Å². The van der Waals surface area contributed by atoms with Crippen LogP contribution in [0.1, 0.15) is 258 Å². The SMILES string of the molecule is CCCC/C=C\C/C=C\CCCCCCCC(=O)OC(COC(=O)CCCCCCC)COC(=O)CCCCCCCCCCCC/C=C\C/C=C\C/C=C\CCCCCCC. The molecule has 0 heterocycles. The lowest BCUT2D eigenvalue weighted by atomic mass is 10.1. The van der Waals surface area contributed by atoms with Gasteiger partial charge < -0.3 is 14.2 Å². The van der Waals surface area contributed by atoms with E-state index in [1.54, 1.807) is 0 Å². The van der Waals surface area contributed by atoms with Crippen molar-refractivity contribution in [3.05, 3.63) is 60.8 Å². The first-order valence-corrected chi connectivity index (χ1v) is 26.3. The minimum Gasteiger partial charge on any atom is -0.462 e. The van der Waals surface area contributed by atoms with Gasteiger partial charge in [0.15, 0.2) is 6.10 Å². The number of unbranched alkanes of at least 4 members (excludes halogenated alkanes) is 26. The second-order valence-corrected chi connectivity index (χ2v) is 17.4. The Hall–Kier alpha value is -2.89. The number of rotatable bonds is 47. The van der Waals surface area contributed by atoms with Crippen LogP contribution < -0.4 is 0 Å². The van der Waals surface area contributed by atoms with Crippen molar-refractivity contribution in [3.8, 4) is 0 Å². The molecule has 0 bridgehead atoms. The maximum absolute atomic E-state index is 12.7. The summed E-state index contributed by atoms with van der Waals surface area (Å²) < 4.78 is 16.6. The van der Waals surface area contributed by atoms with Crippen molar-refractivity contribution in [3.63, 3.8) is 0 Å². The number of hydrogen-bond donors (Lipinski definition) is 0. The fourth-order valence-corrected chi connectivity index (χ4v) is 7.23. The van der Waals surface area contributed by atoms with Crippen LogP contribution in [0.4, 0.5) is 0 Å². The zero-order valence-electron chi connectivity index (χ0n) is 40.9. The molecule has 0 saturated carbocycles. The van der Waals surface area contributed by atoms with Gasteiger partial charge in [-0.15, -0.1) is 0 Å². The Balaban J connectivity index is 4.11. The van der Waals surface area contributed by atoms with Crippen molar-refractivity contribution in [2.45, 2.75) is 264 Å². The summed E-state index contributed by atoms with van der Waals surface area (Å²) >= 11 is 0. The smallest absolute Gasteiger partial charge is 0.306 e. The molecule has 0 aliphatic carbocycles. The highest BCUT2D eigenvalue weighted by Crippen LogP contribution is 2.14. The first-order valence-electron chi connectivity index (χ1n) is 26.3. The van der Waals surface area contributed by atoms with E-state index in [0.717, 1.165) is 103 Å². The van der Waals surface area contributed by atoms with Gasteiger partial charge in [-0.25, -0.2) is 0 Å². The third-order valence-corrected chi connectivity index (χ3v) is 11.2. The first-order chi connectivity index (χ1) is 30.5. The number of carbonyl (C=O) groups excluding carboxylic acids is 3. The molecule has 0 spiro atoms. The van der Waals surface area contributed by atoms with E-state index < -0.39 is 6.10 Å². The van der Waals surface area contributed by atoms with Crippen LogP contribution in [0.25, 0.3) is 0 Å². The molecule has 0 amide bonds. The summed E-state index contributed by atoms with van der Waals surface area (Å²) in [6, 6.07) is 0. The molecular weight excluding hydrogens is 769 g/mol. The predicted octanol–water partition coefficient (Wildman–Crippen LogP) is 17.3. The zero-order valence-corrected chi connectivity index (χ0v) is 40.9. The topological polar surface area (TPSA) is 78.9 Å². The molecule has 6 heteroatoms. The molecule has 0 aromatic heterocycles. The van der Waals surface area contributed by atoms with Gasteiger partial charge in [0.2, 0.25) is 0 Å². The van der Waals surface area contributed by atoms with Crippen LogP contribution in [-0.4, -0.2) is 37.2 Å². The number of allylic oxidation sites excluding steroid dienone is 10. The molecule has 358 valence electrons. The summed E-state index contributed by atoms with van der Waals surface area (Å²) in [6.45, 7) is 6.49. The van der Waals surface area contributed by atoms with Gasteiger partial charge in [0, 0.05) is 19.3 Å². The van der Waals surface area contributed by atoms with E-state index in [1.807, 2.05) is 0 Å². The second kappa shape index (κ2) is 50.8. The lowest BCUT2D eigenvalue weighted by molar-refractivity contribution is -0.167. The molecule has 0 saturated heterocycles. The zero-order chi connectivity index (χ0) is 45.1. The van der Waals surface area contributed by atoms with Gasteiger partial charge >= 0.3 is 17.9 Å². The molecule has 0 aliphatic heterocycles. The van der Waals surface area contributed by atoms with E-state index in [-0.39, 0.29) is 31.1 Å². The molecule has 0 N–H and O–H groups in total. The molecule has 0 aromatic carbocycles. The lowest BCUT2D eigenvalue weighted by Gasteiger charge is -2.18. The third-order valence-electron chi connectivity index (χ3n) is 11.2. The molecule has 0 fully saturated rings. The number of esters is 3. The van der Waals surface area contributed by atoms with Crippen LogP contribution in [0.2, 0.25) is 0 Å². The molecule has 0 aromatic rings. The fraction of sp³-hybridized carbons (Fsp3) is 0.768. The van der Waals surface area contributed by atoms with Crippen molar-refractivity contribution in [1.29, 1.82) is 0 Å². The Morgan fingerprint density at radius 3 is 0.952 bits per heavy atom. The fourth-order valence-electron chi connectivity index (χ4n) is 7.23. The highest BCUT2D eigenvalue weighted by molar-refractivity contribution is 5.71. The van der Waals surface area contributed by atoms with Crippen molar-refractivity contribution < 1.29 is 28.6 Å². The Morgan fingerprint density at radius 1 is 0.323 bits per heavy atom. The Morgan fingerprint density at radius 2 is 0.597 bits per heavy atom. The summed E-state index contributed by atoms with van der Waals surface area (Å²) in [5.74, 6) is -0.911. The third kappa shape index (κ3) is 48.1. The Bertz CT molecular complexity index is 1130. The van der Waals surface area contributed by atoms with Gasteiger partial charge in [-0.05, 0) is 83.5 Å². The normalized spacial score (nSPS) is 12.5. The molecule has 1 atom stereocenters. The number of hydrogen-bond acceptors (Lipinski definition) is 6. The summed E-state index contributed by atoms with van der Waals surface area (Å²) in [5.41, 5.74) is 0. The molecular formula is C56H98O6. The minimum atomic E-state index is -0.778. The Labute approximate surface area is 383 Å². The van der Waals surface area contributed by atoms with Crippen molar-refractivity contribution in [2.75, 3.05) is 13.2 Å². The molecule has 6 nitrogen and oxygen atoms in total. The quantitative estimate of drug-likeness (QED) is 0.0262. The molecule has 62 heavy (non-hydrogen) atoms. The number of ether oxygens (including phenoxy) is 3. The van der Waals surface area contributed by atoms with E-state index in [9.17, 15) is 14.4 Å². The van der Waals surface area contributed by atoms with Crippen LogP contribution >= 0.6 is 0 Å². The summed E-state index contributed by atoms with van der Waals surface area (Å²) in [6.07, 6.45) is 62.5. The highest BCUT2D eigenvalue weighted by atomic mass is 16.6. The highest BCUT2D eigenvalue weighted by Gasteiger charge is 2.19. The maximum Gasteiger partial charge on any atom is 0.306 e. The van der Waals surface area contributed by atoms with Crippen LogP contribution in [0.15, 0.2) is 60.8 Å². The van der Waals surface area contributed by atoms with Crippen LogP contribution in [0.5, 0.6) is 0 Å². The van der Waals surface area contributed by atoms with Crippen molar-refractivity contribution in [1.82, 2.24) is 0 Å². The second-order valence-electron chi connectivity index (χ2n) is 17.4. The largest absolute Gasteiger partial charge is 0.462 e. The average molecular weight is 867 g/mol. The van der Waals surface area contributed by atoms with Gasteiger partial charge in [0.25, 0.3) is 0 Å². The minimum absolute atomic E-state index is 0.0818. The maximum atomic E-state index is 12.7. The summed E-state index contributed by atoms with van der Waals surface area (Å²) in [5, 5.41) is 0. The van der Waals surface area contributed by atoms with Gasteiger partial charge in [-0.3, -0.25) is 14.4 Å². The van der Waals surface area contributed by atoms with Gasteiger partial charge in [-0.1, -0.05) is 216 Å². The summed E-state index contributed by atoms with van der Waals surface area (Å²) in [4.78, 5) is 37.6. The summed E-state index contributed by atoms with van der Waals surface area (Å²) in [7, 11) is 0. The van der Waals surface area contributed by atoms with E-state index in [2.05, 4.69) is 81.5 Å². The number of carbonyl (C=O) groups is 3. The van der Waals surface area contributed by atoms with Gasteiger partial charge in [0.1, 0.15) is 13.2 Å². The monoisotopic (exact) mass is 867 g/mol. The van der Waals surface area contributed by atoms with Gasteiger partial charge in [-0.2, -0.15) is 0 Å². The van der Waals surface area contributed by atoms with Crippen molar-refractivity contribution >= 4 is 17.9 Å². The van der Waals surface area contributed by atoms with E-state index in [4.69, 9.17) is 14.2 Å². The van der Waals surface area contributed by atoms with Crippen LogP contribution in [0.3, 0.4) is 0 Å². The molecule has 0 radical (unpaired) electrons. The predicted molar refractivity (Wildman–Crippen MR) is 265 cm³/mol. The molecule has 1 unspecified atom stereocenters. The lowest BCUT2D eigenvalue weighted by Crippen LogP contribution is -2.30. The van der Waals surface area contributed by atoms with Gasteiger partial charge in [0.05, 0.1) is 0 Å². The molecule has 0 rings (SSSR count). The van der Waals surface area contributed by atoms with E-state index in [0.29, 0.717) is 19.3 Å². The van der Waals surface area contributed by atoms with Crippen molar-refractivity contribution in [2.24, 2.45) is 0 Å². The molecule has 0 aliphatic rings. The van der Waals surface area contributed by atoms with Crippen LogP contribution in [0, 0.1) is 0 Å². The Kier molecular flexibility index (Phi) is 48.4. The van der Waals surface area contributed by atoms with E-state index >= 15 is 0 Å². The average Bonchev–Trinajstić information content (AvgIpc) is 3.27.